The van der Waals surface area contributed by atoms with Crippen LogP contribution in [0.4, 0.5) is 0 Å². The van der Waals surface area contributed by atoms with Crippen molar-refractivity contribution in [3.63, 3.8) is 0 Å². The molecule has 0 aliphatic carbocycles. The van der Waals surface area contributed by atoms with Crippen LogP contribution in [0.15, 0.2) is 140 Å². The Morgan fingerprint density at radius 3 is 1.10 bits per heavy atom. The van der Waals surface area contributed by atoms with Gasteiger partial charge in [0, 0.05) is 42.0 Å². The number of rotatable bonds is 49. The molecule has 6 aromatic rings. The average molecular weight is 1920 g/mol. The molecule has 6 aromatic carbocycles. The molecule has 1 aliphatic rings. The fourth-order valence-corrected chi connectivity index (χ4v) is 10.8. The predicted molar refractivity (Wildman–Crippen MR) is 459 cm³/mol. The van der Waals surface area contributed by atoms with Crippen molar-refractivity contribution < 1.29 is 110 Å². The van der Waals surface area contributed by atoms with E-state index in [2.05, 4.69) is 79.6 Å². The van der Waals surface area contributed by atoms with Crippen LogP contribution >= 0.6 is 79.6 Å². The quantitative estimate of drug-likeness (QED) is 0.0155. The summed E-state index contributed by atoms with van der Waals surface area (Å²) in [7, 11) is 3.09. The first-order valence-electron chi connectivity index (χ1n) is 37.6. The van der Waals surface area contributed by atoms with E-state index in [-0.39, 0.29) is 55.2 Å². The summed E-state index contributed by atoms with van der Waals surface area (Å²) < 4.78 is 83.1. The molecule has 1 atom stereocenters. The maximum absolute atomic E-state index is 12.3. The Labute approximate surface area is 716 Å². The molecule has 0 radical (unpaired) electrons. The largest absolute Gasteiger partial charge is 0.496 e. The van der Waals surface area contributed by atoms with Crippen molar-refractivity contribution in [2.24, 2.45) is 0 Å². The molecule has 1 saturated heterocycles. The second kappa shape index (κ2) is 56.7. The third-order valence-electron chi connectivity index (χ3n) is 15.6. The van der Waals surface area contributed by atoms with Gasteiger partial charge in [-0.25, -0.2) is 0 Å². The molecule has 0 amide bonds. The lowest BCUT2D eigenvalue weighted by Gasteiger charge is -2.22. The summed E-state index contributed by atoms with van der Waals surface area (Å²) in [6, 6.07) is 42.0. The summed E-state index contributed by atoms with van der Waals surface area (Å²) in [5.74, 6) is 4.06. The Morgan fingerprint density at radius 1 is 0.386 bits per heavy atom. The van der Waals surface area contributed by atoms with E-state index in [4.69, 9.17) is 86.0 Å². The topological polar surface area (TPSA) is 273 Å². The van der Waals surface area contributed by atoms with E-state index in [0.29, 0.717) is 176 Å². The van der Waals surface area contributed by atoms with Gasteiger partial charge in [-0.2, -0.15) is 0 Å². The highest BCUT2D eigenvalue weighted by molar-refractivity contribution is 9.11. The van der Waals surface area contributed by atoms with Gasteiger partial charge in [-0.05, 0) is 210 Å². The van der Waals surface area contributed by atoms with Crippen LogP contribution in [0.25, 0.3) is 0 Å². The van der Waals surface area contributed by atoms with Crippen LogP contribution in [0, 0.1) is 6.92 Å². The molecule has 114 heavy (non-hydrogen) atoms. The summed E-state index contributed by atoms with van der Waals surface area (Å²) in [4.78, 5) is 60.8. The standard InChI is InChI=1S/C21H25BrO4.C19H27BrO5.C16H23BrO5.C15H21BrO5.C15H21BrO4/c1-21(2,22)20(23)18-8-10-19(11-9-18)26-15-14-24-12-13-25-16-17-6-4-3-5-7-17;1-19(2,20)18(21)15-6-8-16(9-7-15)23-13-11-22-12-14-25-17-5-3-4-10-24-17;1-16(2,17)15(18)13-4-6-14(7-5-13)22-11-10-20-8-9-21-12-19-3;1-15(2,16)14(18)12-5-4-11(10-13(12)19-3)21-9-8-20-7-6-17;1-11-10-12(20-9-8-19-7-6-17)4-5-13(11)14(18)15(2,3)16/h3-11H,12-16H2,1-2H3;6-9,17H,3-5,10-14H2,1-2H3;4-7H,8-12H2,1-3H3;4-5,10,17H,6-9H2,1-3H3;4-5,10,17H,6-9H2,1-3H3. The first-order chi connectivity index (χ1) is 54.1. The van der Waals surface area contributed by atoms with Crippen molar-refractivity contribution in [1.82, 2.24) is 0 Å². The molecule has 2 N–H and O–H groups in total. The molecular weight excluding hydrogens is 1800 g/mol. The lowest BCUT2D eigenvalue weighted by Crippen LogP contribution is -2.24. The minimum atomic E-state index is -0.652. The molecule has 0 aromatic heterocycles. The van der Waals surface area contributed by atoms with Crippen molar-refractivity contribution in [3.8, 4) is 34.5 Å². The van der Waals surface area contributed by atoms with Crippen LogP contribution in [-0.2, 0) is 54.0 Å². The van der Waals surface area contributed by atoms with E-state index in [0.717, 1.165) is 48.5 Å². The van der Waals surface area contributed by atoms with Crippen molar-refractivity contribution in [1.29, 1.82) is 0 Å². The van der Waals surface area contributed by atoms with Gasteiger partial charge in [-0.1, -0.05) is 110 Å². The zero-order valence-corrected chi connectivity index (χ0v) is 76.0. The van der Waals surface area contributed by atoms with Gasteiger partial charge >= 0.3 is 0 Å². The summed E-state index contributed by atoms with van der Waals surface area (Å²) >= 11 is 16.9. The molecule has 1 heterocycles. The number of Topliss-reactive ketones (excluding diaryl/α,β-unsaturated/α-hetero) is 5. The Morgan fingerprint density at radius 2 is 0.728 bits per heavy atom. The minimum Gasteiger partial charge on any atom is -0.496 e. The number of benzene rings is 6. The minimum absolute atomic E-state index is 0.00698. The molecule has 7 rings (SSSR count). The number of carbonyl (C=O) groups excluding carboxylic acids is 5. The van der Waals surface area contributed by atoms with Crippen LogP contribution in [-0.4, -0.2) is 227 Å². The number of aliphatic hydroxyl groups excluding tert-OH is 2. The number of methoxy groups -OCH3 is 2. The van der Waals surface area contributed by atoms with Gasteiger partial charge in [0.05, 0.1) is 140 Å². The third kappa shape index (κ3) is 44.3. The lowest BCUT2D eigenvalue weighted by atomic mass is 9.97. The maximum Gasteiger partial charge on any atom is 0.182 e. The molecule has 0 spiro atoms. The molecule has 1 fully saturated rings. The smallest absolute Gasteiger partial charge is 0.182 e. The number of ether oxygens (including phenoxy) is 16. The Hall–Kier alpha value is -5.61. The van der Waals surface area contributed by atoms with Gasteiger partial charge < -0.3 is 86.0 Å². The van der Waals surface area contributed by atoms with Crippen molar-refractivity contribution >= 4 is 109 Å². The molecule has 28 heteroatoms. The van der Waals surface area contributed by atoms with Gasteiger partial charge in [0.1, 0.15) is 74.3 Å². The van der Waals surface area contributed by atoms with Crippen molar-refractivity contribution in [2.45, 2.75) is 130 Å². The second-order valence-corrected chi connectivity index (χ2v) is 37.6. The SMILES string of the molecule is CC(C)(Br)C(=O)c1ccc(OCCOCCOC2CCCCO2)cc1.CC(C)(Br)C(=O)c1ccc(OCCOCCOCc2ccccc2)cc1.COCOCCOCCOc1ccc(C(=O)C(C)(C)Br)cc1.COc1cc(OCCOCCO)ccc1C(=O)C(C)(C)Br.Cc1cc(OCCOCCO)ccc1C(=O)C(C)(C)Br. The van der Waals surface area contributed by atoms with Gasteiger partial charge in [-0.3, -0.25) is 24.0 Å². The molecular formula is C86H117Br5O23. The first-order valence-corrected chi connectivity index (χ1v) is 41.5. The lowest BCUT2D eigenvalue weighted by molar-refractivity contribution is -0.169. The number of hydrogen-bond acceptors (Lipinski definition) is 23. The van der Waals surface area contributed by atoms with Crippen molar-refractivity contribution in [3.05, 3.63) is 178 Å². The summed E-state index contributed by atoms with van der Waals surface area (Å²) in [6.45, 7) is 29.9. The van der Waals surface area contributed by atoms with Crippen molar-refractivity contribution in [2.75, 3.05) is 160 Å². The highest BCUT2D eigenvalue weighted by Gasteiger charge is 2.30. The molecule has 23 nitrogen and oxygen atoms in total. The number of ketones is 5. The molecule has 634 valence electrons. The van der Waals surface area contributed by atoms with E-state index in [1.54, 1.807) is 124 Å². The summed E-state index contributed by atoms with van der Waals surface area (Å²) in [6.07, 6.45) is 3.18. The van der Waals surface area contributed by atoms with Crippen LogP contribution in [0.3, 0.4) is 0 Å². The van der Waals surface area contributed by atoms with E-state index < -0.39 is 21.6 Å². The predicted octanol–water partition coefficient (Wildman–Crippen LogP) is 16.9. The molecule has 0 bridgehead atoms. The van der Waals surface area contributed by atoms with Gasteiger partial charge in [0.25, 0.3) is 0 Å². The molecule has 1 unspecified atom stereocenters. The van der Waals surface area contributed by atoms with E-state index in [1.807, 2.05) is 98.7 Å². The number of alkyl halides is 5. The zero-order chi connectivity index (χ0) is 84.4. The number of hydrogen-bond donors (Lipinski definition) is 2. The zero-order valence-electron chi connectivity index (χ0n) is 68.1. The summed E-state index contributed by atoms with van der Waals surface area (Å²) in [5.41, 5.74) is 5.20. The number of aliphatic hydroxyl groups is 2. The monoisotopic (exact) mass is 1910 g/mol. The summed E-state index contributed by atoms with van der Waals surface area (Å²) in [5, 5.41) is 17.1. The maximum atomic E-state index is 12.3. The number of aryl methyl sites for hydroxylation is 1. The van der Waals surface area contributed by atoms with Crippen LogP contribution in [0.2, 0.25) is 0 Å². The van der Waals surface area contributed by atoms with Gasteiger partial charge in [0.2, 0.25) is 0 Å². The number of halogens is 5. The Balaban J connectivity index is 0.000000370. The normalized spacial score (nSPS) is 12.9. The Kier molecular flexibility index (Phi) is 51.0. The first kappa shape index (κ1) is 103. The molecule has 1 aliphatic heterocycles. The van der Waals surface area contributed by atoms with Crippen LogP contribution < -0.4 is 28.4 Å². The fourth-order valence-electron chi connectivity index (χ4n) is 9.66. The number of carbonyl (C=O) groups is 5. The van der Waals surface area contributed by atoms with E-state index in [9.17, 15) is 24.0 Å². The van der Waals surface area contributed by atoms with Gasteiger partial charge in [0.15, 0.2) is 35.2 Å². The van der Waals surface area contributed by atoms with Gasteiger partial charge in [-0.15, -0.1) is 0 Å². The Bertz CT molecular complexity index is 3640. The van der Waals surface area contributed by atoms with E-state index >= 15 is 0 Å². The van der Waals surface area contributed by atoms with Crippen LogP contribution in [0.5, 0.6) is 34.5 Å². The highest BCUT2D eigenvalue weighted by atomic mass is 79.9. The molecule has 0 saturated carbocycles. The highest BCUT2D eigenvalue weighted by Crippen LogP contribution is 2.33. The van der Waals surface area contributed by atoms with Crippen LogP contribution in [0.1, 0.15) is 151 Å². The second-order valence-electron chi connectivity index (χ2n) is 27.7. The fraction of sp³-hybridized carbons (Fsp3) is 0.523. The van der Waals surface area contributed by atoms with E-state index in [1.165, 1.54) is 7.11 Å². The third-order valence-corrected chi connectivity index (χ3v) is 17.4. The average Bonchev–Trinajstić information content (AvgIpc) is 0.819.